The van der Waals surface area contributed by atoms with Gasteiger partial charge in [0.2, 0.25) is 0 Å². The normalized spacial score (nSPS) is 11.1. The minimum atomic E-state index is 0.825. The maximum atomic E-state index is 4.62. The van der Waals surface area contributed by atoms with Gasteiger partial charge in [-0.05, 0) is 60.8 Å². The molecular formula is C31H42N2. The zero-order chi connectivity index (χ0) is 23.1. The summed E-state index contributed by atoms with van der Waals surface area (Å²) < 4.78 is 0. The number of hydrogen-bond acceptors (Lipinski definition) is 2. The maximum Gasteiger partial charge on any atom is 0.159 e. The number of aryl methyl sites for hydroxylation is 4. The monoisotopic (exact) mass is 442 g/mol. The van der Waals surface area contributed by atoms with Gasteiger partial charge in [-0.1, -0.05) is 107 Å². The fourth-order valence-electron chi connectivity index (χ4n) is 4.30. The molecule has 0 aliphatic heterocycles. The molecule has 0 spiro atoms. The Bertz CT molecular complexity index is 895. The number of hydrogen-bond donors (Lipinski definition) is 0. The van der Waals surface area contributed by atoms with Crippen LogP contribution in [0.2, 0.25) is 0 Å². The van der Waals surface area contributed by atoms with Crippen molar-refractivity contribution in [3.05, 3.63) is 83.2 Å². The van der Waals surface area contributed by atoms with Crippen LogP contribution in [-0.4, -0.2) is 9.97 Å². The predicted octanol–water partition coefficient (Wildman–Crippen LogP) is 8.56. The summed E-state index contributed by atoms with van der Waals surface area (Å²) in [6.07, 6.45) is 20.3. The van der Waals surface area contributed by atoms with Gasteiger partial charge in [-0.15, -0.1) is 0 Å². The zero-order valence-corrected chi connectivity index (χ0v) is 20.9. The SMILES string of the molecule is CCCCCCCc1cnc(-c2ccc(CCc3ccc(CCCCCC)cc3)cc2)nc1. The van der Waals surface area contributed by atoms with Crippen molar-refractivity contribution >= 4 is 0 Å². The Hall–Kier alpha value is -2.48. The topological polar surface area (TPSA) is 25.8 Å². The molecule has 1 aromatic heterocycles. The highest BCUT2D eigenvalue weighted by molar-refractivity contribution is 5.55. The highest BCUT2D eigenvalue weighted by Gasteiger charge is 2.03. The number of rotatable bonds is 15. The molecule has 1 heterocycles. The Balaban J connectivity index is 1.43. The molecule has 2 heteroatoms. The van der Waals surface area contributed by atoms with E-state index in [4.69, 9.17) is 0 Å². The van der Waals surface area contributed by atoms with Crippen molar-refractivity contribution in [2.45, 2.75) is 97.3 Å². The van der Waals surface area contributed by atoms with Gasteiger partial charge in [0, 0.05) is 18.0 Å². The van der Waals surface area contributed by atoms with Crippen LogP contribution in [0.5, 0.6) is 0 Å². The van der Waals surface area contributed by atoms with Crippen molar-refractivity contribution in [1.29, 1.82) is 0 Å². The van der Waals surface area contributed by atoms with Crippen LogP contribution in [0.3, 0.4) is 0 Å². The third kappa shape index (κ3) is 9.12. The third-order valence-electron chi connectivity index (χ3n) is 6.53. The van der Waals surface area contributed by atoms with E-state index in [0.29, 0.717) is 0 Å². The summed E-state index contributed by atoms with van der Waals surface area (Å²) in [5, 5.41) is 0. The molecular weight excluding hydrogens is 400 g/mol. The Morgan fingerprint density at radius 3 is 1.42 bits per heavy atom. The molecule has 176 valence electrons. The van der Waals surface area contributed by atoms with Gasteiger partial charge in [-0.2, -0.15) is 0 Å². The second-order valence-electron chi connectivity index (χ2n) is 9.40. The van der Waals surface area contributed by atoms with Crippen molar-refractivity contribution in [3.8, 4) is 11.4 Å². The quantitative estimate of drug-likeness (QED) is 0.220. The molecule has 0 amide bonds. The Morgan fingerprint density at radius 1 is 0.455 bits per heavy atom. The first-order valence-corrected chi connectivity index (χ1v) is 13.3. The van der Waals surface area contributed by atoms with Gasteiger partial charge in [0.15, 0.2) is 5.82 Å². The van der Waals surface area contributed by atoms with E-state index in [2.05, 4.69) is 72.3 Å². The minimum Gasteiger partial charge on any atom is -0.236 e. The standard InChI is InChI=1S/C31H42N2/c1-3-5-7-9-11-13-29-24-32-31(33-25-29)30-22-20-28(21-23-30)19-18-27-16-14-26(15-17-27)12-10-8-6-4-2/h14-17,20-25H,3-13,18-19H2,1-2H3. The summed E-state index contributed by atoms with van der Waals surface area (Å²) in [6, 6.07) is 18.0. The van der Waals surface area contributed by atoms with Gasteiger partial charge in [0.25, 0.3) is 0 Å². The lowest BCUT2D eigenvalue weighted by atomic mass is 10.0. The second-order valence-corrected chi connectivity index (χ2v) is 9.40. The van der Waals surface area contributed by atoms with Crippen LogP contribution in [0, 0.1) is 0 Å². The fourth-order valence-corrected chi connectivity index (χ4v) is 4.30. The van der Waals surface area contributed by atoms with E-state index < -0.39 is 0 Å². The summed E-state index contributed by atoms with van der Waals surface area (Å²) in [5.41, 5.74) is 6.61. The Labute approximate surface area is 201 Å². The zero-order valence-electron chi connectivity index (χ0n) is 20.9. The van der Waals surface area contributed by atoms with Gasteiger partial charge >= 0.3 is 0 Å². The second kappa shape index (κ2) is 14.6. The average Bonchev–Trinajstić information content (AvgIpc) is 2.87. The lowest BCUT2D eigenvalue weighted by Gasteiger charge is -2.07. The van der Waals surface area contributed by atoms with E-state index in [1.165, 1.54) is 86.5 Å². The van der Waals surface area contributed by atoms with E-state index >= 15 is 0 Å². The highest BCUT2D eigenvalue weighted by atomic mass is 14.9. The number of unbranched alkanes of at least 4 members (excludes halogenated alkanes) is 7. The molecule has 0 N–H and O–H groups in total. The molecule has 0 aliphatic carbocycles. The molecule has 0 fully saturated rings. The van der Waals surface area contributed by atoms with Crippen LogP contribution in [0.15, 0.2) is 60.9 Å². The van der Waals surface area contributed by atoms with Crippen molar-refractivity contribution in [1.82, 2.24) is 9.97 Å². The molecule has 0 unspecified atom stereocenters. The highest BCUT2D eigenvalue weighted by Crippen LogP contribution is 2.18. The van der Waals surface area contributed by atoms with E-state index in [0.717, 1.165) is 30.7 Å². The van der Waals surface area contributed by atoms with Crippen molar-refractivity contribution in [2.24, 2.45) is 0 Å². The van der Waals surface area contributed by atoms with E-state index in [1.54, 1.807) is 0 Å². The first-order chi connectivity index (χ1) is 16.3. The van der Waals surface area contributed by atoms with Crippen LogP contribution in [0.4, 0.5) is 0 Å². The molecule has 3 rings (SSSR count). The van der Waals surface area contributed by atoms with Gasteiger partial charge in [0.1, 0.15) is 0 Å². The van der Waals surface area contributed by atoms with Crippen molar-refractivity contribution in [3.63, 3.8) is 0 Å². The molecule has 0 saturated heterocycles. The van der Waals surface area contributed by atoms with Crippen molar-refractivity contribution < 1.29 is 0 Å². The van der Waals surface area contributed by atoms with E-state index in [-0.39, 0.29) is 0 Å². The number of nitrogens with zero attached hydrogens (tertiary/aromatic N) is 2. The van der Waals surface area contributed by atoms with E-state index in [1.807, 2.05) is 12.4 Å². The molecule has 2 nitrogen and oxygen atoms in total. The van der Waals surface area contributed by atoms with Gasteiger partial charge < -0.3 is 0 Å². The molecule has 0 radical (unpaired) electrons. The van der Waals surface area contributed by atoms with Crippen LogP contribution in [0.25, 0.3) is 11.4 Å². The molecule has 33 heavy (non-hydrogen) atoms. The smallest absolute Gasteiger partial charge is 0.159 e. The first-order valence-electron chi connectivity index (χ1n) is 13.3. The Morgan fingerprint density at radius 2 is 0.879 bits per heavy atom. The van der Waals surface area contributed by atoms with Crippen LogP contribution < -0.4 is 0 Å². The first kappa shape index (κ1) is 25.1. The molecule has 3 aromatic rings. The summed E-state index contributed by atoms with van der Waals surface area (Å²) in [7, 11) is 0. The Kier molecular flexibility index (Phi) is 11.1. The number of benzene rings is 2. The lowest BCUT2D eigenvalue weighted by molar-refractivity contribution is 0.631. The van der Waals surface area contributed by atoms with Crippen LogP contribution in [0.1, 0.15) is 93.9 Å². The summed E-state index contributed by atoms with van der Waals surface area (Å²) >= 11 is 0. The summed E-state index contributed by atoms with van der Waals surface area (Å²) in [5.74, 6) is 0.825. The molecule has 2 aromatic carbocycles. The molecule has 0 aliphatic rings. The third-order valence-corrected chi connectivity index (χ3v) is 6.53. The minimum absolute atomic E-state index is 0.825. The van der Waals surface area contributed by atoms with Crippen LogP contribution >= 0.6 is 0 Å². The largest absolute Gasteiger partial charge is 0.236 e. The number of aromatic nitrogens is 2. The van der Waals surface area contributed by atoms with Crippen molar-refractivity contribution in [2.75, 3.05) is 0 Å². The average molecular weight is 443 g/mol. The predicted molar refractivity (Wildman–Crippen MR) is 142 cm³/mol. The van der Waals surface area contributed by atoms with E-state index in [9.17, 15) is 0 Å². The summed E-state index contributed by atoms with van der Waals surface area (Å²) in [6.45, 7) is 4.53. The lowest BCUT2D eigenvalue weighted by Crippen LogP contribution is -1.95. The summed E-state index contributed by atoms with van der Waals surface area (Å²) in [4.78, 5) is 9.23. The van der Waals surface area contributed by atoms with Gasteiger partial charge in [-0.3, -0.25) is 0 Å². The molecule has 0 saturated carbocycles. The molecule has 0 atom stereocenters. The van der Waals surface area contributed by atoms with Gasteiger partial charge in [-0.25, -0.2) is 9.97 Å². The fraction of sp³-hybridized carbons (Fsp3) is 0.484. The van der Waals surface area contributed by atoms with Gasteiger partial charge in [0.05, 0.1) is 0 Å². The molecule has 0 bridgehead atoms. The van der Waals surface area contributed by atoms with Crippen LogP contribution in [-0.2, 0) is 25.7 Å². The maximum absolute atomic E-state index is 4.62.